The van der Waals surface area contributed by atoms with Gasteiger partial charge in [0.2, 0.25) is 5.91 Å². The van der Waals surface area contributed by atoms with E-state index >= 15 is 0 Å². The number of para-hydroxylation sites is 1. The Bertz CT molecular complexity index is 1510. The molecule has 0 unspecified atom stereocenters. The van der Waals surface area contributed by atoms with Crippen molar-refractivity contribution in [2.75, 3.05) is 26.3 Å². The van der Waals surface area contributed by atoms with E-state index in [4.69, 9.17) is 9.47 Å². The van der Waals surface area contributed by atoms with E-state index in [0.29, 0.717) is 5.75 Å². The smallest absolute Gasteiger partial charge is 0.408 e. The molecule has 3 aromatic rings. The second kappa shape index (κ2) is 19.8. The molecule has 52 heavy (non-hydrogen) atoms. The topological polar surface area (TPSA) is 170 Å². The number of carbonyl (C=O) groups excluding carboxylic acids is 2. The Morgan fingerprint density at radius 3 is 1.75 bits per heavy atom. The number of rotatable bonds is 18. The van der Waals surface area contributed by atoms with Crippen molar-refractivity contribution in [3.8, 4) is 5.75 Å². The zero-order valence-corrected chi connectivity index (χ0v) is 31.1. The lowest BCUT2D eigenvalue weighted by Crippen LogP contribution is -2.59. The van der Waals surface area contributed by atoms with Crippen LogP contribution in [0, 0.1) is 5.41 Å². The van der Waals surface area contributed by atoms with Crippen LogP contribution in [-0.2, 0) is 22.4 Å². The minimum absolute atomic E-state index is 0.0213. The standard InChI is InChI=1S/C40H56N4O8/c1-39(2,3)35(43-37(48)52-23-22-51-30-20-14-9-15-21-30)36(47)42-31(24-28-16-10-7-11-17-28)33(45)26-41-27-34(46)32(25-29-18-12-8-13-19-29)44(38(49)50)40(4,5)6/h7-21,31-35,41,45-46H,22-27H2,1-6H3,(H,42,47)(H,43,48)(H,49,50)/t31-,32-,33+,34+,35+/m0/s1. The first-order chi connectivity index (χ1) is 24.6. The summed E-state index contributed by atoms with van der Waals surface area (Å²) in [5.74, 6) is 0.139. The molecule has 12 heteroatoms. The summed E-state index contributed by atoms with van der Waals surface area (Å²) >= 11 is 0. The normalized spacial score (nSPS) is 14.6. The lowest BCUT2D eigenvalue weighted by molar-refractivity contribution is -0.127. The van der Waals surface area contributed by atoms with Crippen LogP contribution in [0.2, 0.25) is 0 Å². The summed E-state index contributed by atoms with van der Waals surface area (Å²) in [7, 11) is 0. The molecule has 0 bridgehead atoms. The summed E-state index contributed by atoms with van der Waals surface area (Å²) in [6, 6.07) is 25.3. The van der Waals surface area contributed by atoms with Gasteiger partial charge in [0.15, 0.2) is 0 Å². The molecule has 3 aromatic carbocycles. The molecule has 0 radical (unpaired) electrons. The van der Waals surface area contributed by atoms with Gasteiger partial charge in [-0.3, -0.25) is 9.69 Å². The van der Waals surface area contributed by atoms with Crippen molar-refractivity contribution in [3.05, 3.63) is 102 Å². The van der Waals surface area contributed by atoms with Crippen molar-refractivity contribution < 1.29 is 39.2 Å². The predicted molar refractivity (Wildman–Crippen MR) is 200 cm³/mol. The molecule has 6 N–H and O–H groups in total. The molecule has 0 spiro atoms. The fourth-order valence-corrected chi connectivity index (χ4v) is 5.90. The molecule has 0 aliphatic rings. The first-order valence-corrected chi connectivity index (χ1v) is 17.6. The van der Waals surface area contributed by atoms with Crippen LogP contribution in [0.5, 0.6) is 5.75 Å². The van der Waals surface area contributed by atoms with Gasteiger partial charge in [-0.1, -0.05) is 99.6 Å². The van der Waals surface area contributed by atoms with Gasteiger partial charge in [-0.2, -0.15) is 0 Å². The third-order valence-electron chi connectivity index (χ3n) is 8.51. The van der Waals surface area contributed by atoms with Gasteiger partial charge in [0, 0.05) is 18.6 Å². The second-order valence-corrected chi connectivity index (χ2v) is 14.9. The largest absolute Gasteiger partial charge is 0.490 e. The monoisotopic (exact) mass is 720 g/mol. The summed E-state index contributed by atoms with van der Waals surface area (Å²) < 4.78 is 10.9. The first-order valence-electron chi connectivity index (χ1n) is 17.6. The van der Waals surface area contributed by atoms with Gasteiger partial charge >= 0.3 is 12.2 Å². The van der Waals surface area contributed by atoms with Gasteiger partial charge in [0.25, 0.3) is 0 Å². The molecule has 0 saturated carbocycles. The second-order valence-electron chi connectivity index (χ2n) is 14.9. The van der Waals surface area contributed by atoms with Crippen LogP contribution in [0.15, 0.2) is 91.0 Å². The van der Waals surface area contributed by atoms with E-state index in [9.17, 15) is 29.7 Å². The van der Waals surface area contributed by atoms with Crippen molar-refractivity contribution in [3.63, 3.8) is 0 Å². The molecule has 0 aliphatic heterocycles. The number of aliphatic hydroxyl groups excluding tert-OH is 2. The highest BCUT2D eigenvalue weighted by molar-refractivity contribution is 5.86. The lowest BCUT2D eigenvalue weighted by atomic mass is 9.85. The van der Waals surface area contributed by atoms with Crippen LogP contribution in [0.25, 0.3) is 0 Å². The molecule has 3 amide bonds. The molecule has 0 saturated heterocycles. The van der Waals surface area contributed by atoms with E-state index in [0.717, 1.165) is 11.1 Å². The Morgan fingerprint density at radius 2 is 1.23 bits per heavy atom. The summed E-state index contributed by atoms with van der Waals surface area (Å²) in [5, 5.41) is 41.7. The summed E-state index contributed by atoms with van der Waals surface area (Å²) in [6.07, 6.45) is -3.61. The van der Waals surface area contributed by atoms with Crippen LogP contribution in [0.3, 0.4) is 0 Å². The molecule has 0 fully saturated rings. The van der Waals surface area contributed by atoms with Gasteiger partial charge in [-0.15, -0.1) is 0 Å². The Hall–Kier alpha value is -4.65. The Kier molecular flexibility index (Phi) is 15.9. The first kappa shape index (κ1) is 41.8. The summed E-state index contributed by atoms with van der Waals surface area (Å²) in [4.78, 5) is 40.2. The predicted octanol–water partition coefficient (Wildman–Crippen LogP) is 4.64. The van der Waals surface area contributed by atoms with Crippen molar-refractivity contribution in [1.82, 2.24) is 20.9 Å². The van der Waals surface area contributed by atoms with E-state index in [2.05, 4.69) is 16.0 Å². The Morgan fingerprint density at radius 1 is 0.712 bits per heavy atom. The number of carbonyl (C=O) groups is 3. The number of nitrogens with one attached hydrogen (secondary N) is 3. The van der Waals surface area contributed by atoms with Crippen LogP contribution in [0.4, 0.5) is 9.59 Å². The number of hydrogen-bond acceptors (Lipinski definition) is 8. The molecule has 0 aromatic heterocycles. The van der Waals surface area contributed by atoms with E-state index in [1.54, 1.807) is 32.9 Å². The molecule has 12 nitrogen and oxygen atoms in total. The van der Waals surface area contributed by atoms with Crippen LogP contribution >= 0.6 is 0 Å². The quantitative estimate of drug-likeness (QED) is 0.103. The third-order valence-corrected chi connectivity index (χ3v) is 8.51. The molecular weight excluding hydrogens is 664 g/mol. The Balaban J connectivity index is 1.68. The van der Waals surface area contributed by atoms with E-state index in [-0.39, 0.29) is 39.1 Å². The van der Waals surface area contributed by atoms with Crippen molar-refractivity contribution in [1.29, 1.82) is 0 Å². The van der Waals surface area contributed by atoms with Crippen molar-refractivity contribution in [2.45, 2.75) is 90.3 Å². The van der Waals surface area contributed by atoms with Gasteiger partial charge in [0.1, 0.15) is 25.0 Å². The van der Waals surface area contributed by atoms with E-state index < -0.39 is 59.4 Å². The van der Waals surface area contributed by atoms with E-state index in [1.807, 2.05) is 99.6 Å². The molecule has 3 rings (SSSR count). The van der Waals surface area contributed by atoms with Gasteiger partial charge in [-0.05, 0) is 62.3 Å². The zero-order chi connectivity index (χ0) is 38.3. The number of hydrogen-bond donors (Lipinski definition) is 6. The van der Waals surface area contributed by atoms with Crippen molar-refractivity contribution in [2.24, 2.45) is 5.41 Å². The lowest BCUT2D eigenvalue weighted by Gasteiger charge is -2.42. The maximum absolute atomic E-state index is 13.8. The minimum Gasteiger partial charge on any atom is -0.490 e. The highest BCUT2D eigenvalue weighted by Gasteiger charge is 2.38. The highest BCUT2D eigenvalue weighted by Crippen LogP contribution is 2.23. The van der Waals surface area contributed by atoms with Crippen LogP contribution in [0.1, 0.15) is 52.7 Å². The molecule has 0 aliphatic carbocycles. The van der Waals surface area contributed by atoms with Gasteiger partial charge in [-0.25, -0.2) is 9.59 Å². The van der Waals surface area contributed by atoms with Crippen LogP contribution < -0.4 is 20.7 Å². The van der Waals surface area contributed by atoms with Crippen LogP contribution in [-0.4, -0.2) is 100 Å². The van der Waals surface area contributed by atoms with Gasteiger partial charge in [0.05, 0.1) is 24.3 Å². The number of alkyl carbamates (subject to hydrolysis) is 1. The maximum atomic E-state index is 13.8. The highest BCUT2D eigenvalue weighted by atomic mass is 16.6. The molecule has 284 valence electrons. The Labute approximate surface area is 307 Å². The molecule has 0 heterocycles. The number of nitrogens with zero attached hydrogens (tertiary/aromatic N) is 1. The summed E-state index contributed by atoms with van der Waals surface area (Å²) in [6.45, 7) is 10.8. The average Bonchev–Trinajstić information content (AvgIpc) is 3.08. The van der Waals surface area contributed by atoms with Crippen molar-refractivity contribution >= 4 is 18.1 Å². The number of ether oxygens (including phenoxy) is 2. The fourth-order valence-electron chi connectivity index (χ4n) is 5.90. The number of benzene rings is 3. The molecule has 5 atom stereocenters. The number of carboxylic acid groups (broad SMARTS) is 1. The zero-order valence-electron chi connectivity index (χ0n) is 31.1. The molecular formula is C40H56N4O8. The number of amides is 3. The average molecular weight is 721 g/mol. The third kappa shape index (κ3) is 13.8. The minimum atomic E-state index is -1.15. The maximum Gasteiger partial charge on any atom is 0.408 e. The summed E-state index contributed by atoms with van der Waals surface area (Å²) in [5.41, 5.74) is 0.233. The fraction of sp³-hybridized carbons (Fsp3) is 0.475. The van der Waals surface area contributed by atoms with Gasteiger partial charge < -0.3 is 40.7 Å². The number of aliphatic hydroxyl groups is 2. The SMILES string of the molecule is CC(C)(C)[C@H](NC(=O)OCCOc1ccccc1)C(=O)N[C@@H](Cc1ccccc1)[C@H](O)CNC[C@@H](O)[C@H](Cc1ccccc1)N(C(=O)O)C(C)(C)C. The van der Waals surface area contributed by atoms with E-state index in [1.165, 1.54) is 4.90 Å².